The number of piperidine rings is 1. The summed E-state index contributed by atoms with van der Waals surface area (Å²) in [6.07, 6.45) is 5.97. The van der Waals surface area contributed by atoms with Crippen LogP contribution in [0.15, 0.2) is 29.3 Å². The highest BCUT2D eigenvalue weighted by atomic mass is 127. The lowest BCUT2D eigenvalue weighted by Gasteiger charge is -2.32. The van der Waals surface area contributed by atoms with Crippen molar-refractivity contribution in [3.8, 4) is 0 Å². The van der Waals surface area contributed by atoms with Gasteiger partial charge in [-0.1, -0.05) is 38.0 Å². The summed E-state index contributed by atoms with van der Waals surface area (Å²) in [5.74, 6) is 1.47. The average molecular weight is 476 g/mol. The van der Waals surface area contributed by atoms with E-state index in [2.05, 4.69) is 27.4 Å². The summed E-state index contributed by atoms with van der Waals surface area (Å²) in [4.78, 5) is 6.65. The quantitative estimate of drug-likeness (QED) is 0.258. The largest absolute Gasteiger partial charge is 0.356 e. The van der Waals surface area contributed by atoms with Crippen LogP contribution in [-0.4, -0.2) is 44.1 Å². The lowest BCUT2D eigenvalue weighted by atomic mass is 9.96. The molecular weight excluding hydrogens is 442 g/mol. The number of hydrogen-bond donors (Lipinski definition) is 2. The van der Waals surface area contributed by atoms with Crippen LogP contribution < -0.4 is 10.6 Å². The molecule has 1 aliphatic heterocycles. The van der Waals surface area contributed by atoms with E-state index in [-0.39, 0.29) is 29.8 Å². The first-order chi connectivity index (χ1) is 12.2. The van der Waals surface area contributed by atoms with Gasteiger partial charge in [0.05, 0.1) is 0 Å². The Balaban J connectivity index is 0.00000338. The highest BCUT2D eigenvalue weighted by Gasteiger charge is 2.20. The van der Waals surface area contributed by atoms with Crippen LogP contribution in [0.3, 0.4) is 0 Å². The van der Waals surface area contributed by atoms with Crippen LogP contribution in [0.4, 0.5) is 4.39 Å². The molecular formula is C20H34FIN4. The number of guanidine groups is 1. The molecule has 0 aliphatic carbocycles. The topological polar surface area (TPSA) is 39.7 Å². The zero-order valence-electron chi connectivity index (χ0n) is 16.1. The molecule has 148 valence electrons. The fraction of sp³-hybridized carbons (Fsp3) is 0.650. The van der Waals surface area contributed by atoms with Gasteiger partial charge < -0.3 is 10.6 Å². The highest BCUT2D eigenvalue weighted by molar-refractivity contribution is 14.0. The molecule has 0 spiro atoms. The van der Waals surface area contributed by atoms with E-state index in [1.165, 1.54) is 19.3 Å². The van der Waals surface area contributed by atoms with Crippen molar-refractivity contribution in [1.29, 1.82) is 0 Å². The number of halogens is 2. The van der Waals surface area contributed by atoms with Crippen LogP contribution in [0.25, 0.3) is 0 Å². The zero-order valence-corrected chi connectivity index (χ0v) is 18.5. The first-order valence-electron chi connectivity index (χ1n) is 9.63. The summed E-state index contributed by atoms with van der Waals surface area (Å²) in [5, 5.41) is 6.83. The second-order valence-corrected chi connectivity index (χ2v) is 6.90. The predicted octanol–water partition coefficient (Wildman–Crippen LogP) is 4.01. The van der Waals surface area contributed by atoms with Gasteiger partial charge in [-0.2, -0.15) is 0 Å². The first kappa shape index (κ1) is 23.1. The molecule has 0 bridgehead atoms. The Morgan fingerprint density at radius 2 is 1.92 bits per heavy atom. The van der Waals surface area contributed by atoms with Gasteiger partial charge in [0.15, 0.2) is 5.96 Å². The van der Waals surface area contributed by atoms with Gasteiger partial charge >= 0.3 is 0 Å². The molecule has 2 rings (SSSR count). The number of hydrogen-bond acceptors (Lipinski definition) is 2. The summed E-state index contributed by atoms with van der Waals surface area (Å²) < 4.78 is 13.8. The SMILES string of the molecule is CCCCCNC(=NC)NCC1CCN(Cc2ccccc2F)CC1.I. The average Bonchev–Trinajstić information content (AvgIpc) is 2.64. The van der Waals surface area contributed by atoms with E-state index >= 15 is 0 Å². The Morgan fingerprint density at radius 1 is 1.19 bits per heavy atom. The molecule has 0 radical (unpaired) electrons. The van der Waals surface area contributed by atoms with Crippen LogP contribution in [-0.2, 0) is 6.54 Å². The van der Waals surface area contributed by atoms with Gasteiger partial charge in [0.25, 0.3) is 0 Å². The standard InChI is InChI=1S/C20H33FN4.HI/c1-3-4-7-12-23-20(22-2)24-15-17-10-13-25(14-11-17)16-18-8-5-6-9-19(18)21;/h5-6,8-9,17H,3-4,7,10-16H2,1-2H3,(H2,22,23,24);1H. The van der Waals surface area contributed by atoms with E-state index in [0.717, 1.165) is 50.5 Å². The maximum Gasteiger partial charge on any atom is 0.190 e. The third-order valence-electron chi connectivity index (χ3n) is 4.91. The maximum atomic E-state index is 13.8. The first-order valence-corrected chi connectivity index (χ1v) is 9.63. The second kappa shape index (κ2) is 13.3. The zero-order chi connectivity index (χ0) is 17.9. The Kier molecular flexibility index (Phi) is 11.8. The van der Waals surface area contributed by atoms with Crippen molar-refractivity contribution in [2.45, 2.75) is 45.6 Å². The van der Waals surface area contributed by atoms with Crippen molar-refractivity contribution < 1.29 is 4.39 Å². The fourth-order valence-corrected chi connectivity index (χ4v) is 3.26. The number of rotatable bonds is 8. The van der Waals surface area contributed by atoms with Gasteiger partial charge in [-0.15, -0.1) is 24.0 Å². The molecule has 1 aromatic carbocycles. The van der Waals surface area contributed by atoms with Gasteiger partial charge in [-0.3, -0.25) is 9.89 Å². The lowest BCUT2D eigenvalue weighted by molar-refractivity contribution is 0.176. The van der Waals surface area contributed by atoms with Gasteiger partial charge in [-0.25, -0.2) is 4.39 Å². The second-order valence-electron chi connectivity index (χ2n) is 6.90. The van der Waals surface area contributed by atoms with Crippen LogP contribution >= 0.6 is 24.0 Å². The van der Waals surface area contributed by atoms with Gasteiger partial charge in [0, 0.05) is 32.2 Å². The minimum atomic E-state index is -0.0933. The summed E-state index contributed by atoms with van der Waals surface area (Å²) in [5.41, 5.74) is 0.802. The Labute approximate surface area is 175 Å². The smallest absolute Gasteiger partial charge is 0.190 e. The van der Waals surface area contributed by atoms with Crippen molar-refractivity contribution in [1.82, 2.24) is 15.5 Å². The lowest BCUT2D eigenvalue weighted by Crippen LogP contribution is -2.43. The van der Waals surface area contributed by atoms with E-state index in [1.807, 2.05) is 19.2 Å². The number of benzene rings is 1. The molecule has 0 amide bonds. The molecule has 26 heavy (non-hydrogen) atoms. The van der Waals surface area contributed by atoms with Crippen molar-refractivity contribution in [3.05, 3.63) is 35.6 Å². The summed E-state index contributed by atoms with van der Waals surface area (Å²) in [6.45, 7) is 6.93. The molecule has 4 nitrogen and oxygen atoms in total. The maximum absolute atomic E-state index is 13.8. The molecule has 1 aromatic rings. The van der Waals surface area contributed by atoms with E-state index in [0.29, 0.717) is 12.5 Å². The van der Waals surface area contributed by atoms with Crippen LogP contribution in [0.1, 0.15) is 44.6 Å². The van der Waals surface area contributed by atoms with Crippen molar-refractivity contribution in [3.63, 3.8) is 0 Å². The third kappa shape index (κ3) is 8.20. The van der Waals surface area contributed by atoms with Crippen LogP contribution in [0, 0.1) is 11.7 Å². The van der Waals surface area contributed by atoms with E-state index in [1.54, 1.807) is 12.1 Å². The molecule has 0 unspecified atom stereocenters. The van der Waals surface area contributed by atoms with Crippen LogP contribution in [0.5, 0.6) is 0 Å². The molecule has 6 heteroatoms. The molecule has 1 fully saturated rings. The normalized spacial score (nSPS) is 16.2. The molecule has 0 aromatic heterocycles. The van der Waals surface area contributed by atoms with E-state index in [4.69, 9.17) is 0 Å². The van der Waals surface area contributed by atoms with Crippen LogP contribution in [0.2, 0.25) is 0 Å². The number of likely N-dealkylation sites (tertiary alicyclic amines) is 1. The van der Waals surface area contributed by atoms with Crippen molar-refractivity contribution in [2.24, 2.45) is 10.9 Å². The summed E-state index contributed by atoms with van der Waals surface area (Å²) in [7, 11) is 1.83. The molecule has 1 heterocycles. The predicted molar refractivity (Wildman–Crippen MR) is 119 cm³/mol. The monoisotopic (exact) mass is 476 g/mol. The summed E-state index contributed by atoms with van der Waals surface area (Å²) >= 11 is 0. The molecule has 2 N–H and O–H groups in total. The number of nitrogens with zero attached hydrogens (tertiary/aromatic N) is 2. The third-order valence-corrected chi connectivity index (χ3v) is 4.91. The van der Waals surface area contributed by atoms with E-state index < -0.39 is 0 Å². The fourth-order valence-electron chi connectivity index (χ4n) is 3.26. The number of nitrogens with one attached hydrogen (secondary N) is 2. The van der Waals surface area contributed by atoms with Gasteiger partial charge in [0.1, 0.15) is 5.82 Å². The Hall–Kier alpha value is -0.890. The van der Waals surface area contributed by atoms with Crippen molar-refractivity contribution in [2.75, 3.05) is 33.2 Å². The number of unbranched alkanes of at least 4 members (excludes halogenated alkanes) is 2. The number of aliphatic imine (C=N–C) groups is 1. The molecule has 0 saturated carbocycles. The Bertz CT molecular complexity index is 530. The van der Waals surface area contributed by atoms with Crippen molar-refractivity contribution >= 4 is 29.9 Å². The molecule has 1 saturated heterocycles. The Morgan fingerprint density at radius 3 is 2.58 bits per heavy atom. The molecule has 0 atom stereocenters. The minimum Gasteiger partial charge on any atom is -0.356 e. The van der Waals surface area contributed by atoms with Gasteiger partial charge in [-0.05, 0) is 44.3 Å². The summed E-state index contributed by atoms with van der Waals surface area (Å²) in [6, 6.07) is 7.09. The highest BCUT2D eigenvalue weighted by Crippen LogP contribution is 2.19. The van der Waals surface area contributed by atoms with Gasteiger partial charge in [0.2, 0.25) is 0 Å². The van der Waals surface area contributed by atoms with E-state index in [9.17, 15) is 4.39 Å². The minimum absolute atomic E-state index is 0. The molecule has 1 aliphatic rings.